The molecule has 2 rings (SSSR count). The first-order chi connectivity index (χ1) is 13.0. The average Bonchev–Trinajstić information content (AvgIpc) is 2.71. The Kier molecular flexibility index (Phi) is 7.70. The Hall–Kier alpha value is -2.50. The minimum Gasteiger partial charge on any atom is -0.493 e. The summed E-state index contributed by atoms with van der Waals surface area (Å²) in [5.41, 5.74) is 1.67. The fraction of sp³-hybridized carbons (Fsp3) is 0.524. The van der Waals surface area contributed by atoms with E-state index in [1.165, 1.54) is 0 Å². The number of rotatable bonds is 7. The van der Waals surface area contributed by atoms with E-state index < -0.39 is 0 Å². The number of carbonyl (C=O) groups excluding carboxylic acids is 2. The van der Waals surface area contributed by atoms with Gasteiger partial charge in [0.25, 0.3) is 5.91 Å². The lowest BCUT2D eigenvalue weighted by Crippen LogP contribution is -2.41. The van der Waals surface area contributed by atoms with E-state index in [0.717, 1.165) is 24.8 Å². The van der Waals surface area contributed by atoms with Crippen LogP contribution in [0.15, 0.2) is 29.8 Å². The van der Waals surface area contributed by atoms with Crippen LogP contribution >= 0.6 is 0 Å². The van der Waals surface area contributed by atoms with Crippen molar-refractivity contribution >= 4 is 11.8 Å². The molecule has 1 N–H and O–H groups in total. The highest BCUT2D eigenvalue weighted by Gasteiger charge is 2.24. The number of hydrogen-bond donors (Lipinski definition) is 1. The SMILES string of the molecule is CC/C(C)=C/C(=O)NCC1CCN(C(=O)c2ccc(OC)c(OC)c2)CC1. The Balaban J connectivity index is 1.86. The van der Waals surface area contributed by atoms with Gasteiger partial charge in [0.15, 0.2) is 11.5 Å². The molecule has 1 aromatic rings. The lowest BCUT2D eigenvalue weighted by Gasteiger charge is -2.32. The molecule has 0 spiro atoms. The van der Waals surface area contributed by atoms with Gasteiger partial charge in [-0.05, 0) is 50.3 Å². The number of amides is 2. The summed E-state index contributed by atoms with van der Waals surface area (Å²) in [7, 11) is 3.13. The number of benzene rings is 1. The van der Waals surface area contributed by atoms with Crippen molar-refractivity contribution in [3.8, 4) is 11.5 Å². The Bertz CT molecular complexity index is 691. The van der Waals surface area contributed by atoms with Gasteiger partial charge in [-0.2, -0.15) is 0 Å². The number of piperidine rings is 1. The number of methoxy groups -OCH3 is 2. The smallest absolute Gasteiger partial charge is 0.253 e. The second kappa shape index (κ2) is 10.00. The van der Waals surface area contributed by atoms with Gasteiger partial charge in [-0.3, -0.25) is 9.59 Å². The molecule has 2 amide bonds. The van der Waals surface area contributed by atoms with Gasteiger partial charge in [0, 0.05) is 31.3 Å². The predicted octanol–water partition coefficient (Wildman–Crippen LogP) is 3.03. The van der Waals surface area contributed by atoms with E-state index in [9.17, 15) is 9.59 Å². The van der Waals surface area contributed by atoms with E-state index in [1.807, 2.05) is 18.7 Å². The van der Waals surface area contributed by atoms with Crippen LogP contribution in [0.5, 0.6) is 11.5 Å². The fourth-order valence-corrected chi connectivity index (χ4v) is 3.11. The number of carbonyl (C=O) groups is 2. The van der Waals surface area contributed by atoms with Crippen LogP contribution in [0, 0.1) is 5.92 Å². The van der Waals surface area contributed by atoms with Crippen molar-refractivity contribution in [3.05, 3.63) is 35.4 Å². The second-order valence-electron chi connectivity index (χ2n) is 6.89. The van der Waals surface area contributed by atoms with Crippen molar-refractivity contribution in [1.29, 1.82) is 0 Å². The first kappa shape index (κ1) is 20.8. The molecule has 0 aromatic heterocycles. The Morgan fingerprint density at radius 1 is 1.19 bits per heavy atom. The van der Waals surface area contributed by atoms with Gasteiger partial charge in [-0.1, -0.05) is 12.5 Å². The molecule has 148 valence electrons. The number of ether oxygens (including phenoxy) is 2. The number of hydrogen-bond acceptors (Lipinski definition) is 4. The highest BCUT2D eigenvalue weighted by Crippen LogP contribution is 2.28. The van der Waals surface area contributed by atoms with Crippen molar-refractivity contribution in [2.24, 2.45) is 5.92 Å². The van der Waals surface area contributed by atoms with E-state index in [4.69, 9.17) is 9.47 Å². The highest BCUT2D eigenvalue weighted by molar-refractivity contribution is 5.95. The van der Waals surface area contributed by atoms with E-state index in [2.05, 4.69) is 5.32 Å². The molecular formula is C21H30N2O4. The van der Waals surface area contributed by atoms with E-state index >= 15 is 0 Å². The zero-order chi connectivity index (χ0) is 19.8. The summed E-state index contributed by atoms with van der Waals surface area (Å²) in [5, 5.41) is 2.97. The molecule has 6 nitrogen and oxygen atoms in total. The monoisotopic (exact) mass is 374 g/mol. The topological polar surface area (TPSA) is 67.9 Å². The first-order valence-electron chi connectivity index (χ1n) is 9.44. The maximum Gasteiger partial charge on any atom is 0.253 e. The van der Waals surface area contributed by atoms with E-state index in [-0.39, 0.29) is 11.8 Å². The molecule has 0 unspecified atom stereocenters. The van der Waals surface area contributed by atoms with Crippen molar-refractivity contribution in [3.63, 3.8) is 0 Å². The van der Waals surface area contributed by atoms with Crippen molar-refractivity contribution in [1.82, 2.24) is 10.2 Å². The predicted molar refractivity (Wildman–Crippen MR) is 105 cm³/mol. The van der Waals surface area contributed by atoms with Crippen LogP contribution < -0.4 is 14.8 Å². The summed E-state index contributed by atoms with van der Waals surface area (Å²) in [5.74, 6) is 1.53. The molecule has 1 fully saturated rings. The molecule has 0 radical (unpaired) electrons. The number of likely N-dealkylation sites (tertiary alicyclic amines) is 1. The van der Waals surface area contributed by atoms with E-state index in [0.29, 0.717) is 42.6 Å². The van der Waals surface area contributed by atoms with Crippen LogP contribution in [-0.4, -0.2) is 50.6 Å². The quantitative estimate of drug-likeness (QED) is 0.745. The molecule has 1 aliphatic rings. The number of nitrogens with one attached hydrogen (secondary N) is 1. The molecule has 27 heavy (non-hydrogen) atoms. The van der Waals surface area contributed by atoms with Gasteiger partial charge < -0.3 is 19.7 Å². The Morgan fingerprint density at radius 3 is 2.44 bits per heavy atom. The summed E-state index contributed by atoms with van der Waals surface area (Å²) in [6.07, 6.45) is 4.31. The molecule has 1 saturated heterocycles. The lowest BCUT2D eigenvalue weighted by molar-refractivity contribution is -0.116. The standard InChI is InChI=1S/C21H30N2O4/c1-5-15(2)12-20(24)22-14-16-8-10-23(11-9-16)21(25)17-6-7-18(26-3)19(13-17)27-4/h6-7,12-13,16H,5,8-11,14H2,1-4H3,(H,22,24)/b15-12+. The molecule has 0 aliphatic carbocycles. The fourth-order valence-electron chi connectivity index (χ4n) is 3.11. The summed E-state index contributed by atoms with van der Waals surface area (Å²) in [6.45, 7) is 6.03. The molecule has 1 heterocycles. The summed E-state index contributed by atoms with van der Waals surface area (Å²) < 4.78 is 10.5. The molecule has 0 saturated carbocycles. The minimum absolute atomic E-state index is 0.0000532. The normalized spacial score (nSPS) is 15.4. The van der Waals surface area contributed by atoms with Crippen molar-refractivity contribution < 1.29 is 19.1 Å². The minimum atomic E-state index is -0.0295. The molecular weight excluding hydrogens is 344 g/mol. The Morgan fingerprint density at radius 2 is 1.85 bits per heavy atom. The summed E-state index contributed by atoms with van der Waals surface area (Å²) in [4.78, 5) is 26.5. The van der Waals surface area contributed by atoms with Crippen LogP contribution in [0.25, 0.3) is 0 Å². The molecule has 1 aromatic carbocycles. The van der Waals surface area contributed by atoms with Gasteiger partial charge in [-0.25, -0.2) is 0 Å². The molecule has 6 heteroatoms. The average molecular weight is 374 g/mol. The molecule has 0 atom stereocenters. The zero-order valence-corrected chi connectivity index (χ0v) is 16.7. The molecule has 1 aliphatic heterocycles. The third-order valence-electron chi connectivity index (χ3n) is 5.03. The van der Waals surface area contributed by atoms with Crippen molar-refractivity contribution in [2.45, 2.75) is 33.1 Å². The van der Waals surface area contributed by atoms with Crippen LogP contribution in [0.1, 0.15) is 43.5 Å². The lowest BCUT2D eigenvalue weighted by atomic mass is 9.96. The first-order valence-corrected chi connectivity index (χ1v) is 9.44. The largest absolute Gasteiger partial charge is 0.493 e. The van der Waals surface area contributed by atoms with Crippen LogP contribution in [0.3, 0.4) is 0 Å². The molecule has 0 bridgehead atoms. The van der Waals surface area contributed by atoms with Gasteiger partial charge >= 0.3 is 0 Å². The third-order valence-corrected chi connectivity index (χ3v) is 5.03. The summed E-state index contributed by atoms with van der Waals surface area (Å²) >= 11 is 0. The second-order valence-corrected chi connectivity index (χ2v) is 6.89. The van der Waals surface area contributed by atoms with Crippen LogP contribution in [0.2, 0.25) is 0 Å². The third kappa shape index (κ3) is 5.74. The maximum absolute atomic E-state index is 12.7. The number of allylic oxidation sites excluding steroid dienone is 1. The van der Waals surface area contributed by atoms with Gasteiger partial charge in [0.1, 0.15) is 0 Å². The van der Waals surface area contributed by atoms with E-state index in [1.54, 1.807) is 38.5 Å². The van der Waals surface area contributed by atoms with Gasteiger partial charge in [0.2, 0.25) is 5.91 Å². The van der Waals surface area contributed by atoms with Gasteiger partial charge in [0.05, 0.1) is 14.2 Å². The van der Waals surface area contributed by atoms with Crippen molar-refractivity contribution in [2.75, 3.05) is 33.9 Å². The Labute approximate surface area is 161 Å². The van der Waals surface area contributed by atoms with Crippen LogP contribution in [0.4, 0.5) is 0 Å². The number of nitrogens with zero attached hydrogens (tertiary/aromatic N) is 1. The van der Waals surface area contributed by atoms with Gasteiger partial charge in [-0.15, -0.1) is 0 Å². The summed E-state index contributed by atoms with van der Waals surface area (Å²) in [6, 6.07) is 5.23. The van der Waals surface area contributed by atoms with Crippen LogP contribution in [-0.2, 0) is 4.79 Å². The maximum atomic E-state index is 12.7. The highest BCUT2D eigenvalue weighted by atomic mass is 16.5. The zero-order valence-electron chi connectivity index (χ0n) is 16.7.